The molecule has 1 aromatic carbocycles. The molecule has 0 spiro atoms. The SMILES string of the molecule is CC(C)(CCCCl)CNCc1ccc(Br)cc1Cl. The van der Waals surface area contributed by atoms with E-state index in [1.165, 1.54) is 0 Å². The van der Waals surface area contributed by atoms with E-state index in [4.69, 9.17) is 23.2 Å². The van der Waals surface area contributed by atoms with Gasteiger partial charge in [-0.2, -0.15) is 0 Å². The molecule has 0 aromatic heterocycles. The molecule has 1 N–H and O–H groups in total. The zero-order valence-electron chi connectivity index (χ0n) is 10.9. The van der Waals surface area contributed by atoms with Gasteiger partial charge in [0, 0.05) is 28.5 Å². The highest BCUT2D eigenvalue weighted by Crippen LogP contribution is 2.23. The van der Waals surface area contributed by atoms with Gasteiger partial charge < -0.3 is 5.32 Å². The standard InChI is InChI=1S/C14H20BrCl2N/c1-14(2,6-3-7-16)10-18-9-11-4-5-12(15)8-13(11)17/h4-5,8,18H,3,6-7,9-10H2,1-2H3. The molecule has 0 atom stereocenters. The lowest BCUT2D eigenvalue weighted by molar-refractivity contribution is 0.311. The van der Waals surface area contributed by atoms with Gasteiger partial charge in [0.15, 0.2) is 0 Å². The van der Waals surface area contributed by atoms with Crippen molar-refractivity contribution in [2.24, 2.45) is 5.41 Å². The summed E-state index contributed by atoms with van der Waals surface area (Å²) in [6.45, 7) is 6.29. The molecule has 0 saturated heterocycles. The molecule has 0 aliphatic carbocycles. The molecule has 0 fully saturated rings. The summed E-state index contributed by atoms with van der Waals surface area (Å²) < 4.78 is 1.01. The fourth-order valence-corrected chi connectivity index (χ4v) is 2.71. The maximum atomic E-state index is 6.18. The number of alkyl halides is 1. The normalized spacial score (nSPS) is 11.8. The molecule has 102 valence electrons. The molecule has 0 amide bonds. The lowest BCUT2D eigenvalue weighted by Gasteiger charge is -2.24. The van der Waals surface area contributed by atoms with Gasteiger partial charge in [-0.05, 0) is 36.0 Å². The zero-order valence-corrected chi connectivity index (χ0v) is 14.0. The fourth-order valence-electron chi connectivity index (χ4n) is 1.83. The molecule has 0 unspecified atom stereocenters. The monoisotopic (exact) mass is 351 g/mol. The van der Waals surface area contributed by atoms with Crippen LogP contribution in [0.1, 0.15) is 32.3 Å². The summed E-state index contributed by atoms with van der Waals surface area (Å²) in [5.41, 5.74) is 1.41. The number of hydrogen-bond donors (Lipinski definition) is 1. The molecule has 0 saturated carbocycles. The van der Waals surface area contributed by atoms with Crippen molar-refractivity contribution < 1.29 is 0 Å². The van der Waals surface area contributed by atoms with Crippen LogP contribution in [0.5, 0.6) is 0 Å². The summed E-state index contributed by atoms with van der Waals surface area (Å²) in [7, 11) is 0. The zero-order chi connectivity index (χ0) is 13.6. The first-order valence-electron chi connectivity index (χ1n) is 6.15. The predicted octanol–water partition coefficient (Wildman–Crippen LogP) is 5.24. The lowest BCUT2D eigenvalue weighted by Crippen LogP contribution is -2.29. The Morgan fingerprint density at radius 1 is 1.33 bits per heavy atom. The summed E-state index contributed by atoms with van der Waals surface area (Å²) in [6, 6.07) is 5.99. The molecule has 0 heterocycles. The first kappa shape index (κ1) is 16.3. The summed E-state index contributed by atoms with van der Waals surface area (Å²) in [5, 5.41) is 4.27. The van der Waals surface area contributed by atoms with Crippen LogP contribution in [0.3, 0.4) is 0 Å². The molecular formula is C14H20BrCl2N. The molecule has 0 bridgehead atoms. The van der Waals surface area contributed by atoms with E-state index < -0.39 is 0 Å². The lowest BCUT2D eigenvalue weighted by atomic mass is 9.88. The van der Waals surface area contributed by atoms with Crippen LogP contribution in [0.4, 0.5) is 0 Å². The van der Waals surface area contributed by atoms with Crippen molar-refractivity contribution in [1.29, 1.82) is 0 Å². The van der Waals surface area contributed by atoms with Crippen molar-refractivity contribution in [2.75, 3.05) is 12.4 Å². The molecular weight excluding hydrogens is 333 g/mol. The van der Waals surface area contributed by atoms with E-state index in [-0.39, 0.29) is 5.41 Å². The van der Waals surface area contributed by atoms with Crippen LogP contribution in [0.2, 0.25) is 5.02 Å². The van der Waals surface area contributed by atoms with Crippen LogP contribution in [0.25, 0.3) is 0 Å². The van der Waals surface area contributed by atoms with Crippen LogP contribution in [-0.4, -0.2) is 12.4 Å². The van der Waals surface area contributed by atoms with Gasteiger partial charge in [-0.25, -0.2) is 0 Å². The third-order valence-electron chi connectivity index (χ3n) is 2.92. The van der Waals surface area contributed by atoms with Crippen molar-refractivity contribution in [2.45, 2.75) is 33.2 Å². The van der Waals surface area contributed by atoms with E-state index in [0.717, 1.165) is 46.9 Å². The number of nitrogens with one attached hydrogen (secondary N) is 1. The first-order valence-corrected chi connectivity index (χ1v) is 7.86. The van der Waals surface area contributed by atoms with Gasteiger partial charge in [0.25, 0.3) is 0 Å². The van der Waals surface area contributed by atoms with Gasteiger partial charge >= 0.3 is 0 Å². The highest BCUT2D eigenvalue weighted by molar-refractivity contribution is 9.10. The third-order valence-corrected chi connectivity index (χ3v) is 4.03. The minimum absolute atomic E-state index is 0.275. The van der Waals surface area contributed by atoms with Gasteiger partial charge in [0.05, 0.1) is 0 Å². The van der Waals surface area contributed by atoms with E-state index in [1.54, 1.807) is 0 Å². The largest absolute Gasteiger partial charge is 0.312 e. The smallest absolute Gasteiger partial charge is 0.0462 e. The van der Waals surface area contributed by atoms with Gasteiger partial charge in [0.2, 0.25) is 0 Å². The maximum Gasteiger partial charge on any atom is 0.0462 e. The Balaban J connectivity index is 2.41. The quantitative estimate of drug-likeness (QED) is 0.662. The van der Waals surface area contributed by atoms with Crippen molar-refractivity contribution in [3.05, 3.63) is 33.3 Å². The van der Waals surface area contributed by atoms with Gasteiger partial charge in [-0.15, -0.1) is 11.6 Å². The average Bonchev–Trinajstić information content (AvgIpc) is 2.29. The topological polar surface area (TPSA) is 12.0 Å². The van der Waals surface area contributed by atoms with Crippen molar-refractivity contribution in [3.8, 4) is 0 Å². The van der Waals surface area contributed by atoms with Gasteiger partial charge in [-0.1, -0.05) is 47.4 Å². The van der Waals surface area contributed by atoms with Gasteiger partial charge in [-0.3, -0.25) is 0 Å². The Labute approximate surface area is 128 Å². The minimum Gasteiger partial charge on any atom is -0.312 e. The van der Waals surface area contributed by atoms with Crippen LogP contribution in [0, 0.1) is 5.41 Å². The highest BCUT2D eigenvalue weighted by Gasteiger charge is 2.16. The summed E-state index contributed by atoms with van der Waals surface area (Å²) in [6.07, 6.45) is 2.20. The van der Waals surface area contributed by atoms with Crippen molar-refractivity contribution in [3.63, 3.8) is 0 Å². The fraction of sp³-hybridized carbons (Fsp3) is 0.571. The Morgan fingerprint density at radius 3 is 2.67 bits per heavy atom. The molecule has 0 radical (unpaired) electrons. The Kier molecular flexibility index (Phi) is 7.01. The Hall–Kier alpha value is 0.240. The number of hydrogen-bond acceptors (Lipinski definition) is 1. The number of halogens is 3. The molecule has 18 heavy (non-hydrogen) atoms. The van der Waals surface area contributed by atoms with Crippen LogP contribution in [-0.2, 0) is 6.54 Å². The van der Waals surface area contributed by atoms with Crippen LogP contribution < -0.4 is 5.32 Å². The van der Waals surface area contributed by atoms with Crippen molar-refractivity contribution >= 4 is 39.1 Å². The third kappa shape index (κ3) is 5.92. The van der Waals surface area contributed by atoms with E-state index in [9.17, 15) is 0 Å². The van der Waals surface area contributed by atoms with E-state index in [0.29, 0.717) is 0 Å². The molecule has 1 rings (SSSR count). The first-order chi connectivity index (χ1) is 8.44. The molecule has 1 nitrogen and oxygen atoms in total. The van der Waals surface area contributed by atoms with Crippen LogP contribution in [0.15, 0.2) is 22.7 Å². The van der Waals surface area contributed by atoms with E-state index in [1.807, 2.05) is 18.2 Å². The second kappa shape index (κ2) is 7.74. The maximum absolute atomic E-state index is 6.18. The second-order valence-electron chi connectivity index (χ2n) is 5.30. The van der Waals surface area contributed by atoms with E-state index >= 15 is 0 Å². The van der Waals surface area contributed by atoms with E-state index in [2.05, 4.69) is 35.1 Å². The van der Waals surface area contributed by atoms with Crippen LogP contribution >= 0.6 is 39.1 Å². The average molecular weight is 353 g/mol. The number of benzene rings is 1. The second-order valence-corrected chi connectivity index (χ2v) is 7.00. The number of rotatable bonds is 7. The molecule has 4 heteroatoms. The highest BCUT2D eigenvalue weighted by atomic mass is 79.9. The predicted molar refractivity (Wildman–Crippen MR) is 84.6 cm³/mol. The molecule has 0 aliphatic rings. The Bertz CT molecular complexity index is 380. The minimum atomic E-state index is 0.275. The Morgan fingerprint density at radius 2 is 2.06 bits per heavy atom. The summed E-state index contributed by atoms with van der Waals surface area (Å²) in [5.74, 6) is 0.738. The molecule has 0 aliphatic heterocycles. The summed E-state index contributed by atoms with van der Waals surface area (Å²) >= 11 is 15.3. The molecule has 1 aromatic rings. The van der Waals surface area contributed by atoms with Gasteiger partial charge in [0.1, 0.15) is 0 Å². The van der Waals surface area contributed by atoms with Crippen molar-refractivity contribution in [1.82, 2.24) is 5.32 Å². The summed E-state index contributed by atoms with van der Waals surface area (Å²) in [4.78, 5) is 0.